The van der Waals surface area contributed by atoms with Gasteiger partial charge >= 0.3 is 5.97 Å². The van der Waals surface area contributed by atoms with Gasteiger partial charge in [-0.05, 0) is 38.3 Å². The number of thiazole rings is 1. The monoisotopic (exact) mass is 370 g/mol. The summed E-state index contributed by atoms with van der Waals surface area (Å²) in [5, 5.41) is 5.40. The smallest absolute Gasteiger partial charge is 0.309 e. The van der Waals surface area contributed by atoms with Gasteiger partial charge in [-0.2, -0.15) is 0 Å². The van der Waals surface area contributed by atoms with Crippen LogP contribution in [0.5, 0.6) is 0 Å². The van der Waals surface area contributed by atoms with E-state index < -0.39 is 0 Å². The minimum Gasteiger partial charge on any atom is -0.459 e. The van der Waals surface area contributed by atoms with Gasteiger partial charge in [-0.1, -0.05) is 29.8 Å². The average Bonchev–Trinajstić information content (AvgIpc) is 3.09. The van der Waals surface area contributed by atoms with Crippen LogP contribution in [0.3, 0.4) is 0 Å². The molecule has 1 aromatic carbocycles. The fraction of sp³-hybridized carbons (Fsp3) is 0.350. The van der Waals surface area contributed by atoms with Gasteiger partial charge in [-0.15, -0.1) is 11.3 Å². The number of amides is 1. The molecule has 0 radical (unpaired) electrons. The molecule has 3 rings (SSSR count). The largest absolute Gasteiger partial charge is 0.459 e. The SMILES string of the molecule is Cc1ccc(NC(=O)Cc2nc(COC(=O)[C@@H]3CC=CCC3)cs2)cc1. The average molecular weight is 370 g/mol. The zero-order valence-corrected chi connectivity index (χ0v) is 15.6. The summed E-state index contributed by atoms with van der Waals surface area (Å²) in [5.74, 6) is -0.319. The minimum atomic E-state index is -0.166. The summed E-state index contributed by atoms with van der Waals surface area (Å²) in [6.45, 7) is 2.16. The lowest BCUT2D eigenvalue weighted by atomic mass is 9.95. The number of ether oxygens (including phenoxy) is 1. The predicted molar refractivity (Wildman–Crippen MR) is 102 cm³/mol. The number of carbonyl (C=O) groups is 2. The maximum Gasteiger partial charge on any atom is 0.309 e. The highest BCUT2D eigenvalue weighted by molar-refractivity contribution is 7.09. The molecule has 1 heterocycles. The van der Waals surface area contributed by atoms with Gasteiger partial charge in [0, 0.05) is 11.1 Å². The molecule has 1 aromatic heterocycles. The second-order valence-corrected chi connectivity index (χ2v) is 7.36. The lowest BCUT2D eigenvalue weighted by Gasteiger charge is -2.15. The highest BCUT2D eigenvalue weighted by Crippen LogP contribution is 2.20. The van der Waals surface area contributed by atoms with E-state index in [1.54, 1.807) is 0 Å². The normalized spacial score (nSPS) is 16.3. The van der Waals surface area contributed by atoms with Gasteiger partial charge in [0.15, 0.2) is 0 Å². The van der Waals surface area contributed by atoms with Crippen LogP contribution in [-0.2, 0) is 27.4 Å². The number of allylic oxidation sites excluding steroid dienone is 2. The molecule has 0 unspecified atom stereocenters. The molecule has 0 saturated carbocycles. The van der Waals surface area contributed by atoms with E-state index >= 15 is 0 Å². The van der Waals surface area contributed by atoms with Crippen LogP contribution in [0.2, 0.25) is 0 Å². The summed E-state index contributed by atoms with van der Waals surface area (Å²) in [6.07, 6.45) is 6.86. The van der Waals surface area contributed by atoms with Crippen molar-refractivity contribution in [1.82, 2.24) is 4.98 Å². The zero-order chi connectivity index (χ0) is 18.4. The maximum absolute atomic E-state index is 12.1. The first-order valence-corrected chi connectivity index (χ1v) is 9.59. The molecule has 0 aliphatic heterocycles. The van der Waals surface area contributed by atoms with E-state index in [1.165, 1.54) is 11.3 Å². The van der Waals surface area contributed by atoms with Gasteiger partial charge < -0.3 is 10.1 Å². The summed E-state index contributed by atoms with van der Waals surface area (Å²) >= 11 is 1.40. The molecule has 26 heavy (non-hydrogen) atoms. The van der Waals surface area contributed by atoms with Crippen LogP contribution in [0.4, 0.5) is 5.69 Å². The number of aromatic nitrogens is 1. The lowest BCUT2D eigenvalue weighted by molar-refractivity contribution is -0.150. The van der Waals surface area contributed by atoms with Gasteiger partial charge in [0.25, 0.3) is 0 Å². The first kappa shape index (κ1) is 18.3. The van der Waals surface area contributed by atoms with Gasteiger partial charge in [0.05, 0.1) is 18.0 Å². The predicted octanol–water partition coefficient (Wildman–Crippen LogP) is 4.03. The highest BCUT2D eigenvalue weighted by atomic mass is 32.1. The molecule has 5 nitrogen and oxygen atoms in total. The van der Waals surface area contributed by atoms with Crippen molar-refractivity contribution in [1.29, 1.82) is 0 Å². The molecule has 1 N–H and O–H groups in total. The number of benzene rings is 1. The number of carbonyl (C=O) groups excluding carboxylic acids is 2. The summed E-state index contributed by atoms with van der Waals surface area (Å²) in [5.41, 5.74) is 2.60. The van der Waals surface area contributed by atoms with Crippen LogP contribution in [0.25, 0.3) is 0 Å². The van der Waals surface area contributed by atoms with Crippen molar-refractivity contribution in [3.8, 4) is 0 Å². The summed E-state index contributed by atoms with van der Waals surface area (Å²) in [6, 6.07) is 7.65. The zero-order valence-electron chi connectivity index (χ0n) is 14.7. The first-order valence-electron chi connectivity index (χ1n) is 8.71. The molecule has 1 amide bonds. The number of hydrogen-bond acceptors (Lipinski definition) is 5. The summed E-state index contributed by atoms with van der Waals surface area (Å²) in [4.78, 5) is 28.5. The third kappa shape index (κ3) is 5.26. The number of hydrogen-bond donors (Lipinski definition) is 1. The highest BCUT2D eigenvalue weighted by Gasteiger charge is 2.20. The second-order valence-electron chi connectivity index (χ2n) is 6.41. The van der Waals surface area contributed by atoms with Gasteiger partial charge in [-0.3, -0.25) is 9.59 Å². The third-order valence-corrected chi connectivity index (χ3v) is 5.11. The molecular weight excluding hydrogens is 348 g/mol. The van der Waals surface area contributed by atoms with Crippen molar-refractivity contribution < 1.29 is 14.3 Å². The molecule has 0 spiro atoms. The van der Waals surface area contributed by atoms with E-state index in [4.69, 9.17) is 4.74 Å². The van der Waals surface area contributed by atoms with E-state index in [-0.39, 0.29) is 30.8 Å². The van der Waals surface area contributed by atoms with E-state index in [9.17, 15) is 9.59 Å². The Morgan fingerprint density at radius 3 is 2.81 bits per heavy atom. The van der Waals surface area contributed by atoms with Crippen molar-refractivity contribution in [3.63, 3.8) is 0 Å². The lowest BCUT2D eigenvalue weighted by Crippen LogP contribution is -2.18. The van der Waals surface area contributed by atoms with Crippen LogP contribution in [0.15, 0.2) is 41.8 Å². The molecule has 0 saturated heterocycles. The Bertz CT molecular complexity index is 796. The summed E-state index contributed by atoms with van der Waals surface area (Å²) in [7, 11) is 0. The Hall–Kier alpha value is -2.47. The molecule has 136 valence electrons. The van der Waals surface area contributed by atoms with Gasteiger partial charge in [0.2, 0.25) is 5.91 Å². The first-order chi connectivity index (χ1) is 12.6. The number of aryl methyl sites for hydroxylation is 1. The Morgan fingerprint density at radius 2 is 2.08 bits per heavy atom. The van der Waals surface area contributed by atoms with Crippen LogP contribution in [-0.4, -0.2) is 16.9 Å². The Balaban J connectivity index is 1.46. The number of nitrogens with one attached hydrogen (secondary N) is 1. The van der Waals surface area contributed by atoms with Gasteiger partial charge in [0.1, 0.15) is 11.6 Å². The van der Waals surface area contributed by atoms with Crippen molar-refractivity contribution in [2.24, 2.45) is 5.92 Å². The quantitative estimate of drug-likeness (QED) is 0.616. The van der Waals surface area contributed by atoms with Crippen LogP contribution >= 0.6 is 11.3 Å². The Morgan fingerprint density at radius 1 is 1.27 bits per heavy atom. The van der Waals surface area contributed by atoms with Crippen molar-refractivity contribution in [3.05, 3.63) is 58.1 Å². The number of nitrogens with zero attached hydrogens (tertiary/aromatic N) is 1. The summed E-state index contributed by atoms with van der Waals surface area (Å²) < 4.78 is 5.36. The molecule has 0 bridgehead atoms. The fourth-order valence-electron chi connectivity index (χ4n) is 2.75. The maximum atomic E-state index is 12.1. The molecular formula is C20H22N2O3S. The van der Waals surface area contributed by atoms with Crippen molar-refractivity contribution in [2.45, 2.75) is 39.2 Å². The number of anilines is 1. The fourth-order valence-corrected chi connectivity index (χ4v) is 3.52. The Kier molecular flexibility index (Phi) is 6.17. The number of esters is 1. The minimum absolute atomic E-state index is 0.0432. The third-order valence-electron chi connectivity index (χ3n) is 4.21. The van der Waals surface area contributed by atoms with Crippen molar-refractivity contribution in [2.75, 3.05) is 5.32 Å². The molecule has 0 fully saturated rings. The number of rotatable bonds is 6. The second kappa shape index (κ2) is 8.76. The van der Waals surface area contributed by atoms with Gasteiger partial charge in [-0.25, -0.2) is 4.98 Å². The van der Waals surface area contributed by atoms with Crippen LogP contribution in [0.1, 0.15) is 35.5 Å². The van der Waals surface area contributed by atoms with E-state index in [0.29, 0.717) is 10.7 Å². The van der Waals surface area contributed by atoms with E-state index in [1.807, 2.05) is 42.6 Å². The van der Waals surface area contributed by atoms with Crippen LogP contribution in [0, 0.1) is 12.8 Å². The molecule has 1 atom stereocenters. The topological polar surface area (TPSA) is 68.3 Å². The molecule has 2 aromatic rings. The molecule has 6 heteroatoms. The van der Waals surface area contributed by atoms with E-state index in [2.05, 4.69) is 16.4 Å². The molecule has 1 aliphatic carbocycles. The molecule has 1 aliphatic rings. The standard InChI is InChI=1S/C20H22N2O3S/c1-14-7-9-16(10-8-14)21-18(23)11-19-22-17(13-26-19)12-25-20(24)15-5-3-2-4-6-15/h2-3,7-10,13,15H,4-6,11-12H2,1H3,(H,21,23)/t15-/m1/s1. The van der Waals surface area contributed by atoms with Crippen LogP contribution < -0.4 is 5.32 Å². The van der Waals surface area contributed by atoms with Crippen molar-refractivity contribution >= 4 is 28.9 Å². The van der Waals surface area contributed by atoms with E-state index in [0.717, 1.165) is 30.5 Å². The Labute approximate surface area is 157 Å².